The minimum absolute atomic E-state index is 0.0621. The summed E-state index contributed by atoms with van der Waals surface area (Å²) in [7, 11) is 1.66. The van der Waals surface area contributed by atoms with Crippen molar-refractivity contribution in [2.24, 2.45) is 0 Å². The number of methoxy groups -OCH3 is 1. The zero-order valence-electron chi connectivity index (χ0n) is 12.2. The molecule has 1 rings (SSSR count). The number of benzene rings is 1. The molecule has 1 unspecified atom stereocenters. The molecule has 0 aliphatic heterocycles. The molecule has 4 nitrogen and oxygen atoms in total. The van der Waals surface area contributed by atoms with Crippen LogP contribution < -0.4 is 14.8 Å². The highest BCUT2D eigenvalue weighted by Crippen LogP contribution is 2.25. The Bertz CT molecular complexity index is 363. The van der Waals surface area contributed by atoms with Gasteiger partial charge >= 0.3 is 0 Å². The Morgan fingerprint density at radius 3 is 2.50 bits per heavy atom. The number of halogens is 1. The third-order valence-corrected chi connectivity index (χ3v) is 3.01. The SMILES string of the molecule is CCOc1ccccc1OCCNCCC(Cl)COC. The molecule has 0 saturated heterocycles. The van der Waals surface area contributed by atoms with Crippen LogP contribution in [0.3, 0.4) is 0 Å². The summed E-state index contributed by atoms with van der Waals surface area (Å²) in [5.41, 5.74) is 0. The second-order valence-electron chi connectivity index (χ2n) is 4.32. The van der Waals surface area contributed by atoms with Gasteiger partial charge in [-0.3, -0.25) is 0 Å². The maximum absolute atomic E-state index is 6.03. The fourth-order valence-electron chi connectivity index (χ4n) is 1.73. The fourth-order valence-corrected chi connectivity index (χ4v) is 1.96. The van der Waals surface area contributed by atoms with Crippen LogP contribution in [-0.4, -0.2) is 45.4 Å². The van der Waals surface area contributed by atoms with E-state index in [1.54, 1.807) is 7.11 Å². The van der Waals surface area contributed by atoms with Gasteiger partial charge in [0.1, 0.15) is 6.61 Å². The summed E-state index contributed by atoms with van der Waals surface area (Å²) in [6.45, 7) is 5.41. The van der Waals surface area contributed by atoms with Gasteiger partial charge < -0.3 is 19.5 Å². The smallest absolute Gasteiger partial charge is 0.161 e. The van der Waals surface area contributed by atoms with Crippen LogP contribution in [0.1, 0.15) is 13.3 Å². The van der Waals surface area contributed by atoms with Gasteiger partial charge in [0.2, 0.25) is 0 Å². The van der Waals surface area contributed by atoms with Crippen molar-refractivity contribution < 1.29 is 14.2 Å². The van der Waals surface area contributed by atoms with Crippen LogP contribution in [0.25, 0.3) is 0 Å². The van der Waals surface area contributed by atoms with E-state index in [-0.39, 0.29) is 5.38 Å². The minimum atomic E-state index is 0.0621. The van der Waals surface area contributed by atoms with E-state index in [0.29, 0.717) is 19.8 Å². The van der Waals surface area contributed by atoms with Crippen LogP contribution in [0.4, 0.5) is 0 Å². The maximum atomic E-state index is 6.03. The molecule has 1 N–H and O–H groups in total. The van der Waals surface area contributed by atoms with E-state index < -0.39 is 0 Å². The van der Waals surface area contributed by atoms with E-state index in [0.717, 1.165) is 31.0 Å². The van der Waals surface area contributed by atoms with Gasteiger partial charge in [-0.05, 0) is 32.0 Å². The van der Waals surface area contributed by atoms with E-state index in [4.69, 9.17) is 25.8 Å². The van der Waals surface area contributed by atoms with Crippen LogP contribution >= 0.6 is 11.6 Å². The molecule has 1 aromatic rings. The van der Waals surface area contributed by atoms with Gasteiger partial charge in [-0.15, -0.1) is 11.6 Å². The predicted molar refractivity (Wildman–Crippen MR) is 82.1 cm³/mol. The highest BCUT2D eigenvalue weighted by molar-refractivity contribution is 6.20. The van der Waals surface area contributed by atoms with Gasteiger partial charge in [-0.2, -0.15) is 0 Å². The average Bonchev–Trinajstić information content (AvgIpc) is 2.45. The van der Waals surface area contributed by atoms with Crippen molar-refractivity contribution in [3.8, 4) is 11.5 Å². The quantitative estimate of drug-likeness (QED) is 0.504. The first-order valence-electron chi connectivity index (χ1n) is 6.96. The normalized spacial score (nSPS) is 12.2. The molecule has 0 aliphatic carbocycles. The Labute approximate surface area is 126 Å². The van der Waals surface area contributed by atoms with Gasteiger partial charge in [0.05, 0.1) is 18.6 Å². The summed E-state index contributed by atoms with van der Waals surface area (Å²) in [5.74, 6) is 1.57. The first-order chi connectivity index (χ1) is 9.77. The molecule has 0 aromatic heterocycles. The van der Waals surface area contributed by atoms with Crippen molar-refractivity contribution in [1.82, 2.24) is 5.32 Å². The van der Waals surface area contributed by atoms with Crippen LogP contribution in [0.5, 0.6) is 11.5 Å². The highest BCUT2D eigenvalue weighted by Gasteiger charge is 2.04. The molecule has 0 spiro atoms. The van der Waals surface area contributed by atoms with Crippen molar-refractivity contribution in [2.75, 3.05) is 40.0 Å². The summed E-state index contributed by atoms with van der Waals surface area (Å²) in [5, 5.41) is 3.35. The third-order valence-electron chi connectivity index (χ3n) is 2.67. The van der Waals surface area contributed by atoms with Gasteiger partial charge in [0, 0.05) is 13.7 Å². The number of nitrogens with one attached hydrogen (secondary N) is 1. The maximum Gasteiger partial charge on any atom is 0.161 e. The summed E-state index contributed by atoms with van der Waals surface area (Å²) in [6.07, 6.45) is 0.880. The predicted octanol–water partition coefficient (Wildman–Crippen LogP) is 2.70. The molecule has 0 bridgehead atoms. The Morgan fingerprint density at radius 2 is 1.85 bits per heavy atom. The molecule has 0 fully saturated rings. The molecule has 0 amide bonds. The number of para-hydroxylation sites is 2. The molecule has 0 saturated carbocycles. The first-order valence-corrected chi connectivity index (χ1v) is 7.40. The van der Waals surface area contributed by atoms with Gasteiger partial charge in [0.25, 0.3) is 0 Å². The van der Waals surface area contributed by atoms with Gasteiger partial charge in [0.15, 0.2) is 11.5 Å². The second-order valence-corrected chi connectivity index (χ2v) is 4.94. The van der Waals surface area contributed by atoms with E-state index >= 15 is 0 Å². The lowest BCUT2D eigenvalue weighted by Gasteiger charge is -2.12. The number of rotatable bonds is 11. The Balaban J connectivity index is 2.15. The zero-order chi connectivity index (χ0) is 14.6. The average molecular weight is 302 g/mol. The van der Waals surface area contributed by atoms with Gasteiger partial charge in [-0.1, -0.05) is 12.1 Å². The molecule has 114 valence electrons. The first kappa shape index (κ1) is 17.1. The molecule has 5 heteroatoms. The molecule has 0 aliphatic rings. The summed E-state index contributed by atoms with van der Waals surface area (Å²) >= 11 is 6.03. The zero-order valence-corrected chi connectivity index (χ0v) is 13.0. The molecule has 1 atom stereocenters. The van der Waals surface area contributed by atoms with Crippen molar-refractivity contribution in [1.29, 1.82) is 0 Å². The Hall–Kier alpha value is -0.970. The van der Waals surface area contributed by atoms with E-state index in [1.807, 2.05) is 31.2 Å². The van der Waals surface area contributed by atoms with Crippen LogP contribution in [-0.2, 0) is 4.74 Å². The van der Waals surface area contributed by atoms with Crippen molar-refractivity contribution >= 4 is 11.6 Å². The van der Waals surface area contributed by atoms with Crippen LogP contribution in [0.2, 0.25) is 0 Å². The minimum Gasteiger partial charge on any atom is -0.490 e. The molecular weight excluding hydrogens is 278 g/mol. The summed E-state index contributed by atoms with van der Waals surface area (Å²) in [4.78, 5) is 0. The Kier molecular flexibility index (Phi) is 9.20. The fraction of sp³-hybridized carbons (Fsp3) is 0.600. The number of hydrogen-bond donors (Lipinski definition) is 1. The van der Waals surface area contributed by atoms with Crippen molar-refractivity contribution in [2.45, 2.75) is 18.7 Å². The standard InChI is InChI=1S/C15H24ClNO3/c1-3-19-14-6-4-5-7-15(14)20-11-10-17-9-8-13(16)12-18-2/h4-7,13,17H,3,8-12H2,1-2H3. The van der Waals surface area contributed by atoms with Crippen LogP contribution in [0, 0.1) is 0 Å². The lowest BCUT2D eigenvalue weighted by molar-refractivity contribution is 0.195. The largest absolute Gasteiger partial charge is 0.490 e. The molecule has 20 heavy (non-hydrogen) atoms. The molecule has 0 heterocycles. The molecule has 1 aromatic carbocycles. The van der Waals surface area contributed by atoms with Crippen molar-refractivity contribution in [3.05, 3.63) is 24.3 Å². The lowest BCUT2D eigenvalue weighted by Crippen LogP contribution is -2.25. The van der Waals surface area contributed by atoms with E-state index in [1.165, 1.54) is 0 Å². The Morgan fingerprint density at radius 1 is 1.15 bits per heavy atom. The van der Waals surface area contributed by atoms with Crippen molar-refractivity contribution in [3.63, 3.8) is 0 Å². The number of ether oxygens (including phenoxy) is 3. The van der Waals surface area contributed by atoms with Gasteiger partial charge in [-0.25, -0.2) is 0 Å². The monoisotopic (exact) mass is 301 g/mol. The van der Waals surface area contributed by atoms with E-state index in [9.17, 15) is 0 Å². The third kappa shape index (κ3) is 6.98. The summed E-state index contributed by atoms with van der Waals surface area (Å²) < 4.78 is 16.2. The lowest BCUT2D eigenvalue weighted by atomic mass is 10.3. The highest BCUT2D eigenvalue weighted by atomic mass is 35.5. The molecular formula is C15H24ClNO3. The topological polar surface area (TPSA) is 39.7 Å². The number of hydrogen-bond acceptors (Lipinski definition) is 4. The second kappa shape index (κ2) is 10.8. The number of alkyl halides is 1. The van der Waals surface area contributed by atoms with Crippen LogP contribution in [0.15, 0.2) is 24.3 Å². The molecule has 0 radical (unpaired) electrons. The summed E-state index contributed by atoms with van der Waals surface area (Å²) in [6, 6.07) is 7.70. The van der Waals surface area contributed by atoms with E-state index in [2.05, 4.69) is 5.32 Å².